The third-order valence-corrected chi connectivity index (χ3v) is 3.90. The Labute approximate surface area is 112 Å². The molecule has 2 aromatic rings. The van der Waals surface area contributed by atoms with E-state index < -0.39 is 0 Å². The van der Waals surface area contributed by atoms with Gasteiger partial charge < -0.3 is 10.1 Å². The van der Waals surface area contributed by atoms with Crippen molar-refractivity contribution in [2.75, 3.05) is 20.3 Å². The number of fused-ring (bicyclic) bond motifs is 1. The highest BCUT2D eigenvalue weighted by Gasteiger charge is 2.06. The van der Waals surface area contributed by atoms with Crippen LogP contribution in [0.25, 0.3) is 10.2 Å². The Morgan fingerprint density at radius 1 is 1.44 bits per heavy atom. The molecule has 0 aromatic carbocycles. The first-order valence-electron chi connectivity index (χ1n) is 6.36. The molecule has 0 saturated carbocycles. The third kappa shape index (κ3) is 3.51. The molecule has 0 radical (unpaired) electrons. The van der Waals surface area contributed by atoms with E-state index in [0.29, 0.717) is 6.04 Å². The number of hydrogen-bond donors (Lipinski definition) is 1. The number of aromatic nitrogens is 1. The smallest absolute Gasteiger partial charge is 0.0809 e. The number of pyridine rings is 1. The van der Waals surface area contributed by atoms with Crippen LogP contribution >= 0.6 is 11.3 Å². The van der Waals surface area contributed by atoms with Crippen LogP contribution < -0.4 is 5.32 Å². The molecule has 98 valence electrons. The lowest BCUT2D eigenvalue weighted by molar-refractivity contribution is 0.192. The molecule has 0 aliphatic heterocycles. The van der Waals surface area contributed by atoms with Crippen LogP contribution in [0.5, 0.6) is 0 Å². The fourth-order valence-corrected chi connectivity index (χ4v) is 2.70. The molecule has 0 amide bonds. The zero-order valence-electron chi connectivity index (χ0n) is 11.0. The lowest BCUT2D eigenvalue weighted by Crippen LogP contribution is -2.20. The molecule has 0 fully saturated rings. The summed E-state index contributed by atoms with van der Waals surface area (Å²) in [5, 5.41) is 5.61. The molecule has 1 N–H and O–H groups in total. The van der Waals surface area contributed by atoms with Crippen LogP contribution in [0.1, 0.15) is 31.4 Å². The Balaban J connectivity index is 1.85. The Hall–Kier alpha value is -0.970. The van der Waals surface area contributed by atoms with Gasteiger partial charge in [-0.3, -0.25) is 4.98 Å². The minimum Gasteiger partial charge on any atom is -0.385 e. The molecule has 2 rings (SSSR count). The van der Waals surface area contributed by atoms with Crippen molar-refractivity contribution in [1.82, 2.24) is 10.3 Å². The summed E-state index contributed by atoms with van der Waals surface area (Å²) in [6, 6.07) is 4.65. The summed E-state index contributed by atoms with van der Waals surface area (Å²) >= 11 is 1.75. The van der Waals surface area contributed by atoms with E-state index in [2.05, 4.69) is 34.7 Å². The lowest BCUT2D eigenvalue weighted by atomic mass is 10.1. The van der Waals surface area contributed by atoms with Crippen LogP contribution in [-0.2, 0) is 4.74 Å². The zero-order valence-corrected chi connectivity index (χ0v) is 11.8. The monoisotopic (exact) mass is 264 g/mol. The predicted octanol–water partition coefficient (Wildman–Crippen LogP) is 3.37. The summed E-state index contributed by atoms with van der Waals surface area (Å²) in [4.78, 5) is 4.47. The van der Waals surface area contributed by atoms with E-state index in [1.165, 1.54) is 10.3 Å². The Bertz CT molecular complexity index is 483. The van der Waals surface area contributed by atoms with Crippen molar-refractivity contribution in [2.24, 2.45) is 0 Å². The zero-order chi connectivity index (χ0) is 12.8. The maximum Gasteiger partial charge on any atom is 0.0809 e. The summed E-state index contributed by atoms with van der Waals surface area (Å²) in [7, 11) is 1.75. The van der Waals surface area contributed by atoms with E-state index in [1.807, 2.05) is 6.20 Å². The minimum absolute atomic E-state index is 0.353. The van der Waals surface area contributed by atoms with Crippen molar-refractivity contribution in [3.8, 4) is 0 Å². The largest absolute Gasteiger partial charge is 0.385 e. The Morgan fingerprint density at radius 3 is 3.17 bits per heavy atom. The molecule has 0 aliphatic rings. The summed E-state index contributed by atoms with van der Waals surface area (Å²) in [6.07, 6.45) is 4.23. The molecule has 1 atom stereocenters. The second kappa shape index (κ2) is 6.83. The SMILES string of the molecule is COCCCCNC(C)c1cnc2ccsc2c1. The molecule has 2 aromatic heterocycles. The highest BCUT2D eigenvalue weighted by atomic mass is 32.1. The lowest BCUT2D eigenvalue weighted by Gasteiger charge is -2.13. The molecular weight excluding hydrogens is 244 g/mol. The average Bonchev–Trinajstić information content (AvgIpc) is 2.85. The number of hydrogen-bond acceptors (Lipinski definition) is 4. The van der Waals surface area contributed by atoms with Gasteiger partial charge in [0.2, 0.25) is 0 Å². The number of unbranched alkanes of at least 4 members (excludes halogenated alkanes) is 1. The molecular formula is C14H20N2OS. The molecule has 2 heterocycles. The van der Waals surface area contributed by atoms with Gasteiger partial charge in [-0.2, -0.15) is 0 Å². The quantitative estimate of drug-likeness (QED) is 0.779. The average molecular weight is 264 g/mol. The van der Waals surface area contributed by atoms with Gasteiger partial charge in [0.05, 0.1) is 10.2 Å². The summed E-state index contributed by atoms with van der Waals surface area (Å²) in [5.74, 6) is 0. The van der Waals surface area contributed by atoms with Crippen molar-refractivity contribution >= 4 is 21.6 Å². The van der Waals surface area contributed by atoms with Crippen LogP contribution in [0.4, 0.5) is 0 Å². The van der Waals surface area contributed by atoms with Crippen LogP contribution in [-0.4, -0.2) is 25.2 Å². The van der Waals surface area contributed by atoms with Gasteiger partial charge >= 0.3 is 0 Å². The maximum atomic E-state index is 5.04. The van der Waals surface area contributed by atoms with Crippen LogP contribution in [0.2, 0.25) is 0 Å². The van der Waals surface area contributed by atoms with Crippen molar-refractivity contribution in [3.05, 3.63) is 29.3 Å². The Morgan fingerprint density at radius 2 is 2.33 bits per heavy atom. The van der Waals surface area contributed by atoms with E-state index in [1.54, 1.807) is 18.4 Å². The van der Waals surface area contributed by atoms with Gasteiger partial charge in [-0.1, -0.05) is 0 Å². The third-order valence-electron chi connectivity index (χ3n) is 3.05. The van der Waals surface area contributed by atoms with E-state index in [-0.39, 0.29) is 0 Å². The molecule has 1 unspecified atom stereocenters. The van der Waals surface area contributed by atoms with E-state index in [0.717, 1.165) is 31.5 Å². The van der Waals surface area contributed by atoms with Gasteiger partial charge in [-0.15, -0.1) is 11.3 Å². The van der Waals surface area contributed by atoms with Crippen molar-refractivity contribution in [3.63, 3.8) is 0 Å². The highest BCUT2D eigenvalue weighted by Crippen LogP contribution is 2.22. The molecule has 0 saturated heterocycles. The molecule has 18 heavy (non-hydrogen) atoms. The number of thiophene rings is 1. The molecule has 0 spiro atoms. The van der Waals surface area contributed by atoms with Gasteiger partial charge in [0.15, 0.2) is 0 Å². The number of ether oxygens (including phenoxy) is 1. The van der Waals surface area contributed by atoms with Gasteiger partial charge in [-0.05, 0) is 49.4 Å². The van der Waals surface area contributed by atoms with Gasteiger partial charge in [0.25, 0.3) is 0 Å². The summed E-state index contributed by atoms with van der Waals surface area (Å²) in [6.45, 7) is 4.05. The number of nitrogens with zero attached hydrogens (tertiary/aromatic N) is 1. The number of nitrogens with one attached hydrogen (secondary N) is 1. The van der Waals surface area contributed by atoms with Crippen LogP contribution in [0.3, 0.4) is 0 Å². The fourth-order valence-electron chi connectivity index (χ4n) is 1.91. The van der Waals surface area contributed by atoms with Gasteiger partial charge in [0, 0.05) is 26.0 Å². The van der Waals surface area contributed by atoms with Crippen LogP contribution in [0, 0.1) is 0 Å². The molecule has 4 heteroatoms. The highest BCUT2D eigenvalue weighted by molar-refractivity contribution is 7.17. The first-order valence-corrected chi connectivity index (χ1v) is 7.24. The topological polar surface area (TPSA) is 34.1 Å². The van der Waals surface area contributed by atoms with Crippen molar-refractivity contribution < 1.29 is 4.74 Å². The van der Waals surface area contributed by atoms with Crippen LogP contribution in [0.15, 0.2) is 23.7 Å². The van der Waals surface area contributed by atoms with Crippen molar-refractivity contribution in [2.45, 2.75) is 25.8 Å². The first-order chi connectivity index (χ1) is 8.81. The summed E-state index contributed by atoms with van der Waals surface area (Å²) in [5.41, 5.74) is 2.35. The predicted molar refractivity (Wildman–Crippen MR) is 77.1 cm³/mol. The summed E-state index contributed by atoms with van der Waals surface area (Å²) < 4.78 is 6.30. The van der Waals surface area contributed by atoms with E-state index in [9.17, 15) is 0 Å². The van der Waals surface area contributed by atoms with Gasteiger partial charge in [0.1, 0.15) is 0 Å². The maximum absolute atomic E-state index is 5.04. The normalized spacial score (nSPS) is 13.0. The minimum atomic E-state index is 0.353. The Kier molecular flexibility index (Phi) is 5.11. The van der Waals surface area contributed by atoms with Crippen molar-refractivity contribution in [1.29, 1.82) is 0 Å². The molecule has 3 nitrogen and oxygen atoms in total. The molecule has 0 bridgehead atoms. The van der Waals surface area contributed by atoms with Gasteiger partial charge in [-0.25, -0.2) is 0 Å². The van der Waals surface area contributed by atoms with E-state index in [4.69, 9.17) is 4.74 Å². The first kappa shape index (κ1) is 13.5. The second-order valence-corrected chi connectivity index (χ2v) is 5.40. The number of rotatable bonds is 7. The number of methoxy groups -OCH3 is 1. The fraction of sp³-hybridized carbons (Fsp3) is 0.500. The molecule has 0 aliphatic carbocycles. The standard InChI is InChI=1S/C14H20N2OS/c1-11(15-6-3-4-7-17-2)12-9-14-13(16-10-12)5-8-18-14/h5,8-11,15H,3-4,6-7H2,1-2H3. The van der Waals surface area contributed by atoms with E-state index >= 15 is 0 Å². The second-order valence-electron chi connectivity index (χ2n) is 4.45.